The molecule has 0 saturated heterocycles. The lowest BCUT2D eigenvalue weighted by atomic mass is 10.1. The third-order valence-electron chi connectivity index (χ3n) is 2.72. The van der Waals surface area contributed by atoms with Crippen molar-refractivity contribution in [2.75, 3.05) is 13.7 Å². The molecule has 1 rings (SSSR count). The fourth-order valence-electron chi connectivity index (χ4n) is 1.60. The minimum absolute atomic E-state index is 0.126. The molecule has 1 N–H and O–H groups in total. The molecule has 0 unspecified atom stereocenters. The number of hydrogen-bond donors (Lipinski definition) is 1. The van der Waals surface area contributed by atoms with Crippen molar-refractivity contribution in [1.82, 2.24) is 4.90 Å². The summed E-state index contributed by atoms with van der Waals surface area (Å²) in [6.45, 7) is 4.75. The summed E-state index contributed by atoms with van der Waals surface area (Å²) in [5.41, 5.74) is 0.900. The predicted molar refractivity (Wildman–Crippen MR) is 78.8 cm³/mol. The molecule has 0 bridgehead atoms. The van der Waals surface area contributed by atoms with Crippen LogP contribution < -0.4 is 0 Å². The van der Waals surface area contributed by atoms with E-state index >= 15 is 0 Å². The topological polar surface area (TPSA) is 40.5 Å². The van der Waals surface area contributed by atoms with Gasteiger partial charge in [-0.15, -0.1) is 11.3 Å². The quantitative estimate of drug-likeness (QED) is 0.841. The maximum atomic E-state index is 11.9. The van der Waals surface area contributed by atoms with Crippen LogP contribution >= 0.6 is 11.3 Å². The van der Waals surface area contributed by atoms with Gasteiger partial charge in [-0.25, -0.2) is 0 Å². The van der Waals surface area contributed by atoms with Crippen LogP contribution in [0.3, 0.4) is 0 Å². The molecule has 0 fully saturated rings. The Hall–Kier alpha value is -1.31. The lowest BCUT2D eigenvalue weighted by Crippen LogP contribution is -2.25. The number of aliphatic hydroxyl groups is 1. The van der Waals surface area contributed by atoms with E-state index in [1.54, 1.807) is 16.2 Å². The second-order valence-electron chi connectivity index (χ2n) is 4.94. The molecule has 0 saturated carbocycles. The van der Waals surface area contributed by atoms with Gasteiger partial charge < -0.3 is 10.0 Å². The average molecular weight is 279 g/mol. The third kappa shape index (κ3) is 5.91. The van der Waals surface area contributed by atoms with Crippen LogP contribution in [0.2, 0.25) is 0 Å². The summed E-state index contributed by atoms with van der Waals surface area (Å²) < 4.78 is 0. The Morgan fingerprint density at radius 2 is 2.26 bits per heavy atom. The number of nitrogens with zero attached hydrogens (tertiary/aromatic N) is 1. The smallest absolute Gasteiger partial charge is 0.222 e. The Morgan fingerprint density at radius 3 is 2.89 bits per heavy atom. The van der Waals surface area contributed by atoms with Gasteiger partial charge in [-0.05, 0) is 18.4 Å². The normalized spacial score (nSPS) is 10.2. The van der Waals surface area contributed by atoms with Crippen molar-refractivity contribution in [1.29, 1.82) is 0 Å². The van der Waals surface area contributed by atoms with E-state index in [9.17, 15) is 4.79 Å². The van der Waals surface area contributed by atoms with Gasteiger partial charge >= 0.3 is 0 Å². The molecule has 0 aliphatic carbocycles. The second-order valence-corrected chi connectivity index (χ2v) is 5.94. The van der Waals surface area contributed by atoms with Gasteiger partial charge in [0.05, 0.1) is 6.54 Å². The zero-order chi connectivity index (χ0) is 14.3. The van der Waals surface area contributed by atoms with E-state index in [4.69, 9.17) is 5.11 Å². The first-order valence-corrected chi connectivity index (χ1v) is 7.32. The third-order valence-corrected chi connectivity index (χ3v) is 3.64. The van der Waals surface area contributed by atoms with Crippen LogP contribution in [0.25, 0.3) is 0 Å². The van der Waals surface area contributed by atoms with Gasteiger partial charge in [0.25, 0.3) is 0 Å². The van der Waals surface area contributed by atoms with Crippen molar-refractivity contribution in [3.05, 3.63) is 21.9 Å². The van der Waals surface area contributed by atoms with E-state index in [2.05, 4.69) is 25.7 Å². The molecule has 0 aromatic carbocycles. The molecule has 1 amide bonds. The van der Waals surface area contributed by atoms with Gasteiger partial charge in [0.1, 0.15) is 6.61 Å². The molecule has 0 spiro atoms. The van der Waals surface area contributed by atoms with Crippen molar-refractivity contribution < 1.29 is 9.90 Å². The van der Waals surface area contributed by atoms with E-state index < -0.39 is 0 Å². The highest BCUT2D eigenvalue weighted by atomic mass is 32.1. The van der Waals surface area contributed by atoms with Crippen LogP contribution in [0.4, 0.5) is 0 Å². The van der Waals surface area contributed by atoms with Crippen LogP contribution in [0.5, 0.6) is 0 Å². The average Bonchev–Trinajstić information content (AvgIpc) is 2.80. The fourth-order valence-corrected chi connectivity index (χ4v) is 2.46. The number of rotatable bonds is 5. The minimum Gasteiger partial charge on any atom is -0.384 e. The number of amides is 1. The second kappa shape index (κ2) is 7.98. The molecule has 0 aliphatic rings. The number of carbonyl (C=O) groups excluding carboxylic acids is 1. The fraction of sp³-hybridized carbons (Fsp3) is 0.533. The standard InChI is InChI=1S/C15H21NO2S/c1-12(2)6-7-15(18)16(3)10-14-9-13(11-19-14)5-4-8-17/h9,11-12,17H,6-8,10H2,1-3H3. The Labute approximate surface area is 119 Å². The van der Waals surface area contributed by atoms with Crippen LogP contribution in [0, 0.1) is 17.8 Å². The monoisotopic (exact) mass is 279 g/mol. The van der Waals surface area contributed by atoms with Crippen LogP contribution in [0.15, 0.2) is 11.4 Å². The van der Waals surface area contributed by atoms with Gasteiger partial charge in [-0.1, -0.05) is 25.7 Å². The molecule has 0 radical (unpaired) electrons. The largest absolute Gasteiger partial charge is 0.384 e. The predicted octanol–water partition coefficient (Wildman–Crippen LogP) is 2.49. The highest BCUT2D eigenvalue weighted by molar-refractivity contribution is 7.10. The summed E-state index contributed by atoms with van der Waals surface area (Å²) in [4.78, 5) is 14.8. The van der Waals surface area contributed by atoms with Gasteiger partial charge in [0.2, 0.25) is 5.91 Å². The van der Waals surface area contributed by atoms with E-state index in [1.165, 1.54) is 0 Å². The molecule has 4 heteroatoms. The van der Waals surface area contributed by atoms with Crippen molar-refractivity contribution in [2.45, 2.75) is 33.2 Å². The zero-order valence-electron chi connectivity index (χ0n) is 11.8. The highest BCUT2D eigenvalue weighted by Gasteiger charge is 2.11. The molecule has 1 aromatic heterocycles. The SMILES string of the molecule is CC(C)CCC(=O)N(C)Cc1cc(C#CCO)cs1. The molecule has 0 atom stereocenters. The first-order valence-electron chi connectivity index (χ1n) is 6.44. The molecule has 19 heavy (non-hydrogen) atoms. The Bertz CT molecular complexity index is 468. The number of aliphatic hydroxyl groups excluding tert-OH is 1. The maximum absolute atomic E-state index is 11.9. The number of carbonyl (C=O) groups is 1. The van der Waals surface area contributed by atoms with Crippen molar-refractivity contribution >= 4 is 17.2 Å². The summed E-state index contributed by atoms with van der Waals surface area (Å²) in [6.07, 6.45) is 1.54. The summed E-state index contributed by atoms with van der Waals surface area (Å²) in [5.74, 6) is 6.22. The molecule has 1 heterocycles. The van der Waals surface area contributed by atoms with Crippen molar-refractivity contribution in [2.24, 2.45) is 5.92 Å². The van der Waals surface area contributed by atoms with Crippen LogP contribution in [-0.4, -0.2) is 29.6 Å². The van der Waals surface area contributed by atoms with Crippen LogP contribution in [0.1, 0.15) is 37.1 Å². The van der Waals surface area contributed by atoms with Gasteiger partial charge in [0.15, 0.2) is 0 Å². The van der Waals surface area contributed by atoms with E-state index in [1.807, 2.05) is 18.5 Å². The van der Waals surface area contributed by atoms with E-state index in [0.717, 1.165) is 16.9 Å². The number of thiophene rings is 1. The zero-order valence-corrected chi connectivity index (χ0v) is 12.6. The Morgan fingerprint density at radius 1 is 1.53 bits per heavy atom. The molecule has 3 nitrogen and oxygen atoms in total. The highest BCUT2D eigenvalue weighted by Crippen LogP contribution is 2.16. The van der Waals surface area contributed by atoms with Crippen LogP contribution in [-0.2, 0) is 11.3 Å². The maximum Gasteiger partial charge on any atom is 0.222 e. The van der Waals surface area contributed by atoms with Crippen molar-refractivity contribution in [3.8, 4) is 11.8 Å². The van der Waals surface area contributed by atoms with Gasteiger partial charge in [0, 0.05) is 29.3 Å². The van der Waals surface area contributed by atoms with Crippen molar-refractivity contribution in [3.63, 3.8) is 0 Å². The summed E-state index contributed by atoms with van der Waals surface area (Å²) in [6, 6.07) is 1.97. The molecule has 0 aliphatic heterocycles. The molecule has 104 valence electrons. The lowest BCUT2D eigenvalue weighted by molar-refractivity contribution is -0.130. The lowest BCUT2D eigenvalue weighted by Gasteiger charge is -2.16. The molecule has 1 aromatic rings. The summed E-state index contributed by atoms with van der Waals surface area (Å²) >= 11 is 1.59. The Kier molecular flexibility index (Phi) is 6.61. The summed E-state index contributed by atoms with van der Waals surface area (Å²) in [7, 11) is 1.83. The Balaban J connectivity index is 2.49. The summed E-state index contributed by atoms with van der Waals surface area (Å²) in [5, 5.41) is 10.6. The molecular formula is C15H21NO2S. The van der Waals surface area contributed by atoms with E-state index in [-0.39, 0.29) is 12.5 Å². The first-order chi connectivity index (χ1) is 9.02. The minimum atomic E-state index is -0.126. The van der Waals surface area contributed by atoms with Gasteiger partial charge in [-0.2, -0.15) is 0 Å². The first kappa shape index (κ1) is 15.7. The van der Waals surface area contributed by atoms with Gasteiger partial charge in [-0.3, -0.25) is 4.79 Å². The molecular weight excluding hydrogens is 258 g/mol. The number of hydrogen-bond acceptors (Lipinski definition) is 3. The van der Waals surface area contributed by atoms with E-state index in [0.29, 0.717) is 18.9 Å².